The first-order valence-corrected chi connectivity index (χ1v) is 6.93. The van der Waals surface area contributed by atoms with Crippen LogP contribution in [0.1, 0.15) is 24.9 Å². The van der Waals surface area contributed by atoms with Gasteiger partial charge in [0.05, 0.1) is 13.2 Å². The van der Waals surface area contributed by atoms with Crippen LogP contribution in [0.25, 0.3) is 0 Å². The number of nitrogens with one attached hydrogen (secondary N) is 2. The summed E-state index contributed by atoms with van der Waals surface area (Å²) in [7, 11) is 1.61. The smallest absolute Gasteiger partial charge is 0.204 e. The van der Waals surface area contributed by atoms with E-state index in [-0.39, 0.29) is 6.04 Å². The van der Waals surface area contributed by atoms with E-state index in [0.29, 0.717) is 17.4 Å². The summed E-state index contributed by atoms with van der Waals surface area (Å²) >= 11 is 1.60. The fourth-order valence-electron chi connectivity index (χ4n) is 1.68. The molecule has 1 atom stereocenters. The highest BCUT2D eigenvalue weighted by Crippen LogP contribution is 2.31. The summed E-state index contributed by atoms with van der Waals surface area (Å²) in [6.45, 7) is 4.81. The van der Waals surface area contributed by atoms with Gasteiger partial charge in [-0.3, -0.25) is 0 Å². The van der Waals surface area contributed by atoms with Crippen molar-refractivity contribution in [1.29, 1.82) is 0 Å². The fourth-order valence-corrected chi connectivity index (χ4v) is 2.32. The number of ether oxygens (including phenoxy) is 1. The van der Waals surface area contributed by atoms with Crippen LogP contribution in [0.5, 0.6) is 5.75 Å². The summed E-state index contributed by atoms with van der Waals surface area (Å²) in [6.07, 6.45) is 3.30. The molecule has 2 N–H and O–H groups in total. The zero-order chi connectivity index (χ0) is 13.7. The molecule has 0 radical (unpaired) electrons. The number of rotatable bonds is 6. The zero-order valence-corrected chi connectivity index (χ0v) is 12.0. The molecule has 1 unspecified atom stereocenters. The van der Waals surface area contributed by atoms with Crippen LogP contribution in [0.4, 0.5) is 11.6 Å². The van der Waals surface area contributed by atoms with Gasteiger partial charge in [0.25, 0.3) is 0 Å². The summed E-state index contributed by atoms with van der Waals surface area (Å²) in [5.41, 5.74) is 0. The number of thiazole rings is 1. The summed E-state index contributed by atoms with van der Waals surface area (Å²) in [6, 6.07) is 0.0678. The lowest BCUT2D eigenvalue weighted by Crippen LogP contribution is -2.11. The average molecular weight is 279 g/mol. The van der Waals surface area contributed by atoms with Crippen molar-refractivity contribution in [3.63, 3.8) is 0 Å². The third-order valence-corrected chi connectivity index (χ3v) is 3.49. The van der Waals surface area contributed by atoms with E-state index in [2.05, 4.69) is 25.6 Å². The third kappa shape index (κ3) is 3.11. The Labute approximate surface area is 116 Å². The molecule has 0 amide bonds. The third-order valence-electron chi connectivity index (χ3n) is 2.53. The second-order valence-corrected chi connectivity index (χ2v) is 4.80. The van der Waals surface area contributed by atoms with Crippen molar-refractivity contribution in [2.75, 3.05) is 24.3 Å². The second kappa shape index (κ2) is 6.33. The summed E-state index contributed by atoms with van der Waals surface area (Å²) in [4.78, 5) is 12.7. The van der Waals surface area contributed by atoms with Gasteiger partial charge in [-0.15, -0.1) is 11.3 Å². The first-order valence-electron chi connectivity index (χ1n) is 6.05. The van der Waals surface area contributed by atoms with Crippen LogP contribution in [0.3, 0.4) is 0 Å². The number of anilines is 2. The average Bonchev–Trinajstić information content (AvgIpc) is 2.93. The Balaban J connectivity index is 2.22. The van der Waals surface area contributed by atoms with Crippen molar-refractivity contribution < 1.29 is 4.74 Å². The van der Waals surface area contributed by atoms with Crippen molar-refractivity contribution in [2.45, 2.75) is 19.9 Å². The van der Waals surface area contributed by atoms with Crippen molar-refractivity contribution in [1.82, 2.24) is 15.0 Å². The number of aromatic nitrogens is 3. The molecule has 0 saturated heterocycles. The van der Waals surface area contributed by atoms with Crippen LogP contribution in [0.2, 0.25) is 0 Å². The minimum atomic E-state index is 0.0678. The second-order valence-electron chi connectivity index (χ2n) is 3.87. The Morgan fingerprint density at radius 2 is 2.11 bits per heavy atom. The molecule has 7 heteroatoms. The molecule has 0 aliphatic heterocycles. The minimum absolute atomic E-state index is 0.0678. The zero-order valence-electron chi connectivity index (χ0n) is 11.2. The van der Waals surface area contributed by atoms with Crippen LogP contribution in [-0.4, -0.2) is 28.6 Å². The highest BCUT2D eigenvalue weighted by atomic mass is 32.1. The van der Waals surface area contributed by atoms with Gasteiger partial charge in [-0.2, -0.15) is 0 Å². The number of methoxy groups -OCH3 is 1. The molecule has 0 bridgehead atoms. The predicted molar refractivity (Wildman–Crippen MR) is 76.9 cm³/mol. The molecule has 0 aliphatic rings. The van der Waals surface area contributed by atoms with E-state index in [9.17, 15) is 0 Å². The van der Waals surface area contributed by atoms with Gasteiger partial charge >= 0.3 is 0 Å². The van der Waals surface area contributed by atoms with Gasteiger partial charge in [-0.05, 0) is 13.8 Å². The molecule has 2 aromatic rings. The van der Waals surface area contributed by atoms with Gasteiger partial charge in [-0.25, -0.2) is 15.0 Å². The summed E-state index contributed by atoms with van der Waals surface area (Å²) < 4.78 is 5.38. The number of nitrogens with zero attached hydrogens (tertiary/aromatic N) is 3. The van der Waals surface area contributed by atoms with Gasteiger partial charge < -0.3 is 15.4 Å². The van der Waals surface area contributed by atoms with Gasteiger partial charge in [0.15, 0.2) is 11.6 Å². The summed E-state index contributed by atoms with van der Waals surface area (Å²) in [5, 5.41) is 9.40. The molecule has 102 valence electrons. The van der Waals surface area contributed by atoms with E-state index in [1.165, 1.54) is 6.33 Å². The Hall–Kier alpha value is -1.89. The molecule has 0 fully saturated rings. The topological polar surface area (TPSA) is 72.0 Å². The first-order chi connectivity index (χ1) is 9.26. The van der Waals surface area contributed by atoms with Gasteiger partial charge in [-0.1, -0.05) is 0 Å². The Bertz CT molecular complexity index is 517. The van der Waals surface area contributed by atoms with Crippen LogP contribution in [0, 0.1) is 0 Å². The van der Waals surface area contributed by atoms with Crippen molar-refractivity contribution in [3.8, 4) is 5.75 Å². The minimum Gasteiger partial charge on any atom is -0.490 e. The molecule has 0 saturated carbocycles. The normalized spacial score (nSPS) is 11.9. The molecule has 19 heavy (non-hydrogen) atoms. The molecule has 2 aromatic heterocycles. The first kappa shape index (κ1) is 13.5. The predicted octanol–water partition coefficient (Wildman–Crippen LogP) is 2.55. The van der Waals surface area contributed by atoms with E-state index in [4.69, 9.17) is 4.74 Å². The summed E-state index contributed by atoms with van der Waals surface area (Å²) in [5.74, 6) is 1.97. The lowest BCUT2D eigenvalue weighted by atomic mass is 10.3. The van der Waals surface area contributed by atoms with Gasteiger partial charge in [0.1, 0.15) is 11.3 Å². The SMILES string of the molecule is CCNc1ncnc(NC(C)c2nccs2)c1OC. The van der Waals surface area contributed by atoms with Gasteiger partial charge in [0, 0.05) is 18.1 Å². The Morgan fingerprint density at radius 1 is 1.32 bits per heavy atom. The van der Waals surface area contributed by atoms with E-state index in [1.807, 2.05) is 19.2 Å². The number of hydrogen-bond acceptors (Lipinski definition) is 7. The van der Waals surface area contributed by atoms with Crippen molar-refractivity contribution >= 4 is 23.0 Å². The Morgan fingerprint density at radius 3 is 2.74 bits per heavy atom. The lowest BCUT2D eigenvalue weighted by Gasteiger charge is -2.16. The molecule has 0 aliphatic carbocycles. The maximum atomic E-state index is 5.38. The number of hydrogen-bond donors (Lipinski definition) is 2. The largest absolute Gasteiger partial charge is 0.490 e. The molecule has 2 rings (SSSR count). The van der Waals surface area contributed by atoms with Crippen LogP contribution in [0.15, 0.2) is 17.9 Å². The molecular weight excluding hydrogens is 262 g/mol. The highest BCUT2D eigenvalue weighted by molar-refractivity contribution is 7.09. The van der Waals surface area contributed by atoms with Crippen LogP contribution in [-0.2, 0) is 0 Å². The van der Waals surface area contributed by atoms with E-state index in [1.54, 1.807) is 24.6 Å². The van der Waals surface area contributed by atoms with E-state index in [0.717, 1.165) is 11.6 Å². The molecule has 2 heterocycles. The van der Waals surface area contributed by atoms with E-state index < -0.39 is 0 Å². The fraction of sp³-hybridized carbons (Fsp3) is 0.417. The van der Waals surface area contributed by atoms with E-state index >= 15 is 0 Å². The maximum Gasteiger partial charge on any atom is 0.204 e. The van der Waals surface area contributed by atoms with Crippen LogP contribution >= 0.6 is 11.3 Å². The molecule has 0 aromatic carbocycles. The monoisotopic (exact) mass is 279 g/mol. The standard InChI is InChI=1S/C12H17N5OS/c1-4-13-10-9(18-3)11(16-7-15-10)17-8(2)12-14-5-6-19-12/h5-8H,4H2,1-3H3,(H2,13,15,16,17). The molecular formula is C12H17N5OS. The Kier molecular flexibility index (Phi) is 4.51. The molecule has 6 nitrogen and oxygen atoms in total. The van der Waals surface area contributed by atoms with Crippen LogP contribution < -0.4 is 15.4 Å². The van der Waals surface area contributed by atoms with Gasteiger partial charge in [0.2, 0.25) is 5.75 Å². The van der Waals surface area contributed by atoms with Crippen molar-refractivity contribution in [2.24, 2.45) is 0 Å². The molecule has 0 spiro atoms. The maximum absolute atomic E-state index is 5.38. The lowest BCUT2D eigenvalue weighted by molar-refractivity contribution is 0.414. The highest BCUT2D eigenvalue weighted by Gasteiger charge is 2.15. The quantitative estimate of drug-likeness (QED) is 0.846. The van der Waals surface area contributed by atoms with Crippen molar-refractivity contribution in [3.05, 3.63) is 22.9 Å².